The Morgan fingerprint density at radius 1 is 1.03 bits per heavy atom. The Morgan fingerprint density at radius 2 is 1.65 bits per heavy atom. The Balaban J connectivity index is 1.43. The van der Waals surface area contributed by atoms with Gasteiger partial charge in [-0.15, -0.1) is 0 Å². The van der Waals surface area contributed by atoms with Crippen molar-refractivity contribution in [2.45, 2.75) is 83.5 Å². The number of hydrogen-bond acceptors (Lipinski definition) is 1. The summed E-state index contributed by atoms with van der Waals surface area (Å²) in [6, 6.07) is 10.9. The molecule has 0 heterocycles. The van der Waals surface area contributed by atoms with E-state index in [0.29, 0.717) is 23.7 Å². The highest BCUT2D eigenvalue weighted by Gasteiger charge is 2.29. The van der Waals surface area contributed by atoms with Crippen LogP contribution in [-0.4, -0.2) is 0 Å². The highest BCUT2D eigenvalue weighted by atomic mass is 19.1. The molecule has 0 amide bonds. The van der Waals surface area contributed by atoms with Crippen LogP contribution in [0, 0.1) is 29.1 Å². The van der Waals surface area contributed by atoms with Crippen molar-refractivity contribution < 1.29 is 4.39 Å². The molecule has 0 radical (unpaired) electrons. The quantitative estimate of drug-likeness (QED) is 0.235. The summed E-state index contributed by atoms with van der Waals surface area (Å²) in [5.41, 5.74) is 4.49. The van der Waals surface area contributed by atoms with Gasteiger partial charge in [0.25, 0.3) is 0 Å². The van der Waals surface area contributed by atoms with Crippen molar-refractivity contribution in [3.05, 3.63) is 71.6 Å². The summed E-state index contributed by atoms with van der Waals surface area (Å²) in [6.07, 6.45) is 18.6. The van der Waals surface area contributed by atoms with Gasteiger partial charge in [-0.2, -0.15) is 9.65 Å². The third-order valence-corrected chi connectivity index (χ3v) is 7.55. The van der Waals surface area contributed by atoms with E-state index in [4.69, 9.17) is 5.26 Å². The normalized spacial score (nSPS) is 27.2. The Hall–Kier alpha value is -2.14. The van der Waals surface area contributed by atoms with Crippen LogP contribution in [0.15, 0.2) is 60.5 Å². The number of nitrogens with zero attached hydrogens (tertiary/aromatic N) is 1. The van der Waals surface area contributed by atoms with Gasteiger partial charge in [0.1, 0.15) is 6.07 Å². The molecular formula is C29H38FN. The zero-order valence-corrected chi connectivity index (χ0v) is 19.2. The summed E-state index contributed by atoms with van der Waals surface area (Å²) >= 11 is 0. The number of halogens is 1. The van der Waals surface area contributed by atoms with Crippen molar-refractivity contribution in [2.75, 3.05) is 0 Å². The van der Waals surface area contributed by atoms with Gasteiger partial charge < -0.3 is 0 Å². The van der Waals surface area contributed by atoms with E-state index in [1.165, 1.54) is 86.6 Å². The summed E-state index contributed by atoms with van der Waals surface area (Å²) in [5.74, 6) is 1.83. The maximum absolute atomic E-state index is 12.9. The number of nitriles is 1. The molecular weight excluding hydrogens is 381 g/mol. The molecule has 0 spiro atoms. The number of hydrogen-bond donors (Lipinski definition) is 0. The van der Waals surface area contributed by atoms with Crippen molar-refractivity contribution >= 4 is 0 Å². The standard InChI is InChI=1S/C29H38FN/c1-3-4-6-23-11-15-27(16-12-23)28-19-17-26(18-20-28)22(2)25-13-9-24(10-14-25)7-5-8-29(30)21-31/h5,7-8,11-12,15-16,24-26,28H,2-4,6,9-10,13-14,17-20H2,1H3/b7-5+,29-8-. The molecule has 2 fully saturated rings. The minimum atomic E-state index is -0.721. The van der Waals surface area contributed by atoms with Crippen LogP contribution in [0.1, 0.15) is 88.2 Å². The summed E-state index contributed by atoms with van der Waals surface area (Å²) in [7, 11) is 0. The highest BCUT2D eigenvalue weighted by molar-refractivity contribution is 5.26. The lowest BCUT2D eigenvalue weighted by molar-refractivity contribution is 0.290. The van der Waals surface area contributed by atoms with Crippen molar-refractivity contribution in [1.29, 1.82) is 5.26 Å². The molecule has 0 aromatic heterocycles. The minimum absolute atomic E-state index is 0.503. The number of rotatable bonds is 8. The van der Waals surface area contributed by atoms with Gasteiger partial charge in [0.2, 0.25) is 0 Å². The van der Waals surface area contributed by atoms with Gasteiger partial charge >= 0.3 is 0 Å². The van der Waals surface area contributed by atoms with E-state index < -0.39 is 5.83 Å². The van der Waals surface area contributed by atoms with Crippen LogP contribution in [0.4, 0.5) is 4.39 Å². The fraction of sp³-hybridized carbons (Fsp3) is 0.552. The Labute approximate surface area is 188 Å². The van der Waals surface area contributed by atoms with Gasteiger partial charge in [0.05, 0.1) is 0 Å². The molecule has 2 aliphatic rings. The first-order valence-corrected chi connectivity index (χ1v) is 12.3. The summed E-state index contributed by atoms with van der Waals surface area (Å²) in [6.45, 7) is 6.80. The molecule has 166 valence electrons. The maximum atomic E-state index is 12.9. The van der Waals surface area contributed by atoms with Crippen molar-refractivity contribution in [3.8, 4) is 6.07 Å². The molecule has 1 nitrogen and oxygen atoms in total. The Morgan fingerprint density at radius 3 is 2.23 bits per heavy atom. The van der Waals surface area contributed by atoms with Crippen LogP contribution >= 0.6 is 0 Å². The predicted octanol–water partition coefficient (Wildman–Crippen LogP) is 8.60. The Bertz CT molecular complexity index is 794. The largest absolute Gasteiger partial charge is 0.199 e. The molecule has 1 aromatic carbocycles. The van der Waals surface area contributed by atoms with Crippen LogP contribution in [0.25, 0.3) is 0 Å². The molecule has 2 aliphatic carbocycles. The average molecular weight is 420 g/mol. The molecule has 3 rings (SSSR count). The predicted molar refractivity (Wildman–Crippen MR) is 128 cm³/mol. The summed E-state index contributed by atoms with van der Waals surface area (Å²) in [5, 5.41) is 8.47. The summed E-state index contributed by atoms with van der Waals surface area (Å²) in [4.78, 5) is 0. The van der Waals surface area contributed by atoms with Crippen LogP contribution < -0.4 is 0 Å². The van der Waals surface area contributed by atoms with Crippen LogP contribution in [0.3, 0.4) is 0 Å². The van der Waals surface area contributed by atoms with E-state index in [2.05, 4.69) is 43.8 Å². The molecule has 1 aromatic rings. The molecule has 2 heteroatoms. The van der Waals surface area contributed by atoms with E-state index >= 15 is 0 Å². The van der Waals surface area contributed by atoms with Gasteiger partial charge in [0.15, 0.2) is 5.83 Å². The first kappa shape index (κ1) is 23.5. The first-order chi connectivity index (χ1) is 15.1. The lowest BCUT2D eigenvalue weighted by atomic mass is 9.70. The molecule has 0 unspecified atom stereocenters. The monoisotopic (exact) mass is 419 g/mol. The van der Waals surface area contributed by atoms with E-state index in [1.54, 1.807) is 6.08 Å². The first-order valence-electron chi connectivity index (χ1n) is 12.3. The number of aryl methyl sites for hydroxylation is 1. The fourth-order valence-electron chi connectivity index (χ4n) is 5.49. The van der Waals surface area contributed by atoms with Crippen LogP contribution in [0.2, 0.25) is 0 Å². The van der Waals surface area contributed by atoms with E-state index in [9.17, 15) is 4.39 Å². The number of unbranched alkanes of at least 4 members (excludes halogenated alkanes) is 1. The Kier molecular flexibility index (Phi) is 9.13. The van der Waals surface area contributed by atoms with Crippen LogP contribution in [-0.2, 0) is 6.42 Å². The third kappa shape index (κ3) is 6.93. The molecule has 0 N–H and O–H groups in total. The van der Waals surface area contributed by atoms with Gasteiger partial charge in [-0.25, -0.2) is 0 Å². The molecule has 31 heavy (non-hydrogen) atoms. The fourth-order valence-corrected chi connectivity index (χ4v) is 5.49. The maximum Gasteiger partial charge on any atom is 0.199 e. The SMILES string of the molecule is C=C(C1CCC(/C=C/C=C(\F)C#N)CC1)C1CCC(c2ccc(CCCC)cc2)CC1. The molecule has 2 saturated carbocycles. The van der Waals surface area contributed by atoms with E-state index in [1.807, 2.05) is 0 Å². The van der Waals surface area contributed by atoms with Crippen molar-refractivity contribution in [3.63, 3.8) is 0 Å². The number of allylic oxidation sites excluding steroid dienone is 5. The average Bonchev–Trinajstić information content (AvgIpc) is 2.83. The number of benzene rings is 1. The second-order valence-corrected chi connectivity index (χ2v) is 9.59. The third-order valence-electron chi connectivity index (χ3n) is 7.55. The molecule has 0 aliphatic heterocycles. The second kappa shape index (κ2) is 12.0. The lowest BCUT2D eigenvalue weighted by Gasteiger charge is -2.36. The molecule has 0 bridgehead atoms. The van der Waals surface area contributed by atoms with Gasteiger partial charge in [-0.05, 0) is 105 Å². The van der Waals surface area contributed by atoms with Gasteiger partial charge in [-0.1, -0.05) is 61.9 Å². The lowest BCUT2D eigenvalue weighted by Crippen LogP contribution is -2.22. The van der Waals surface area contributed by atoms with Gasteiger partial charge in [-0.3, -0.25) is 0 Å². The van der Waals surface area contributed by atoms with Crippen LogP contribution in [0.5, 0.6) is 0 Å². The van der Waals surface area contributed by atoms with Gasteiger partial charge in [0, 0.05) is 0 Å². The highest BCUT2D eigenvalue weighted by Crippen LogP contribution is 2.43. The van der Waals surface area contributed by atoms with E-state index in [-0.39, 0.29) is 0 Å². The molecule has 0 atom stereocenters. The topological polar surface area (TPSA) is 23.8 Å². The second-order valence-electron chi connectivity index (χ2n) is 9.59. The molecule has 0 saturated heterocycles. The smallest absolute Gasteiger partial charge is 0.195 e. The minimum Gasteiger partial charge on any atom is -0.195 e. The van der Waals surface area contributed by atoms with Crippen molar-refractivity contribution in [1.82, 2.24) is 0 Å². The zero-order valence-electron chi connectivity index (χ0n) is 19.2. The van der Waals surface area contributed by atoms with E-state index in [0.717, 1.165) is 12.8 Å². The van der Waals surface area contributed by atoms with Crippen molar-refractivity contribution in [2.24, 2.45) is 17.8 Å². The summed E-state index contributed by atoms with van der Waals surface area (Å²) < 4.78 is 12.9. The zero-order chi connectivity index (χ0) is 22.1.